The van der Waals surface area contributed by atoms with Gasteiger partial charge in [0.05, 0.1) is 6.42 Å². The first-order valence-corrected chi connectivity index (χ1v) is 11.1. The largest absolute Gasteiger partial charge is 0.507 e. The maximum atomic E-state index is 12.4. The third-order valence-electron chi connectivity index (χ3n) is 6.47. The Balaban J connectivity index is 1.32. The number of hydrogen-bond donors (Lipinski definition) is 2. The second-order valence-corrected chi connectivity index (χ2v) is 9.37. The van der Waals surface area contributed by atoms with E-state index in [9.17, 15) is 14.7 Å². The van der Waals surface area contributed by atoms with E-state index in [1.54, 1.807) is 6.07 Å². The summed E-state index contributed by atoms with van der Waals surface area (Å²) >= 11 is 0. The Morgan fingerprint density at radius 3 is 2.90 bits per heavy atom. The number of carbonyl (C=O) groups is 2. The van der Waals surface area contributed by atoms with Gasteiger partial charge in [0, 0.05) is 24.7 Å². The second-order valence-electron chi connectivity index (χ2n) is 9.37. The summed E-state index contributed by atoms with van der Waals surface area (Å²) in [6, 6.07) is 3.53. The maximum Gasteiger partial charge on any atom is 0.257 e. The first-order valence-electron chi connectivity index (χ1n) is 11.1. The van der Waals surface area contributed by atoms with Crippen molar-refractivity contribution >= 4 is 11.7 Å². The van der Waals surface area contributed by atoms with E-state index in [0.717, 1.165) is 6.42 Å². The van der Waals surface area contributed by atoms with Crippen molar-refractivity contribution in [2.24, 2.45) is 5.92 Å². The lowest BCUT2D eigenvalue weighted by atomic mass is 9.83. The Labute approximate surface area is 177 Å². The number of piperidine rings is 2. The molecule has 0 saturated carbocycles. The highest BCUT2D eigenvalue weighted by atomic mass is 16.5. The van der Waals surface area contributed by atoms with E-state index in [2.05, 4.69) is 10.2 Å². The van der Waals surface area contributed by atoms with Crippen LogP contribution in [-0.4, -0.2) is 59.6 Å². The number of benzene rings is 1. The van der Waals surface area contributed by atoms with Gasteiger partial charge in [-0.2, -0.15) is 0 Å². The molecule has 2 saturated heterocycles. The minimum Gasteiger partial charge on any atom is -0.507 e. The Morgan fingerprint density at radius 1 is 1.27 bits per heavy atom. The van der Waals surface area contributed by atoms with Crippen LogP contribution in [-0.2, 0) is 4.79 Å². The van der Waals surface area contributed by atoms with Crippen molar-refractivity contribution in [3.8, 4) is 17.2 Å². The average molecular weight is 417 g/mol. The van der Waals surface area contributed by atoms with E-state index in [0.29, 0.717) is 30.0 Å². The molecule has 7 heteroatoms. The smallest absolute Gasteiger partial charge is 0.257 e. The Morgan fingerprint density at radius 2 is 2.07 bits per heavy atom. The Kier molecular flexibility index (Phi) is 5.91. The van der Waals surface area contributed by atoms with Gasteiger partial charge < -0.3 is 24.8 Å². The summed E-state index contributed by atoms with van der Waals surface area (Å²) in [5.74, 6) is 0.583. The lowest BCUT2D eigenvalue weighted by molar-refractivity contribution is -0.123. The standard InChI is InChI=1S/C23H32N2O5/c1-23(2)12-19(27)22-18(26)10-16(11-20(22)30-23)29-14-21(28)24-13-15-6-5-9-25-8-4-3-7-17(15)25/h10-11,15,17,26H,3-9,12-14H2,1-2H3,(H,24,28)/t15-,17+/m0/s1. The van der Waals surface area contributed by atoms with Crippen LogP contribution in [0.4, 0.5) is 0 Å². The number of Topliss-reactive ketones (excluding diaryl/α,β-unsaturated/α-hetero) is 1. The maximum absolute atomic E-state index is 12.4. The van der Waals surface area contributed by atoms with Crippen LogP contribution in [0.15, 0.2) is 12.1 Å². The highest BCUT2D eigenvalue weighted by molar-refractivity contribution is 6.03. The molecular weight excluding hydrogens is 384 g/mol. The number of phenols is 1. The Bertz CT molecular complexity index is 820. The third kappa shape index (κ3) is 4.56. The second kappa shape index (κ2) is 8.46. The molecular formula is C23H32N2O5. The average Bonchev–Trinajstić information content (AvgIpc) is 2.69. The summed E-state index contributed by atoms with van der Waals surface area (Å²) in [4.78, 5) is 27.2. The van der Waals surface area contributed by atoms with Crippen molar-refractivity contribution in [2.45, 2.75) is 64.0 Å². The van der Waals surface area contributed by atoms with E-state index in [1.165, 1.54) is 44.8 Å². The number of phenolic OH excluding ortho intramolecular Hbond substituents is 1. The van der Waals surface area contributed by atoms with Crippen LogP contribution < -0.4 is 14.8 Å². The molecule has 3 heterocycles. The third-order valence-corrected chi connectivity index (χ3v) is 6.47. The fraction of sp³-hybridized carbons (Fsp3) is 0.652. The van der Waals surface area contributed by atoms with E-state index >= 15 is 0 Å². The number of aromatic hydroxyl groups is 1. The number of hydrogen-bond acceptors (Lipinski definition) is 6. The van der Waals surface area contributed by atoms with Crippen LogP contribution in [0.3, 0.4) is 0 Å². The molecule has 3 aliphatic heterocycles. The van der Waals surface area contributed by atoms with Crippen molar-refractivity contribution in [3.63, 3.8) is 0 Å². The number of ether oxygens (including phenoxy) is 2. The fourth-order valence-electron chi connectivity index (χ4n) is 5.09. The normalized spacial score (nSPS) is 25.6. The zero-order valence-electron chi connectivity index (χ0n) is 17.9. The van der Waals surface area contributed by atoms with Crippen molar-refractivity contribution in [3.05, 3.63) is 17.7 Å². The molecule has 1 aromatic carbocycles. The quantitative estimate of drug-likeness (QED) is 0.767. The van der Waals surface area contributed by atoms with Crippen LogP contribution >= 0.6 is 0 Å². The summed E-state index contributed by atoms with van der Waals surface area (Å²) in [5, 5.41) is 13.3. The van der Waals surface area contributed by atoms with Crippen LogP contribution in [0.5, 0.6) is 17.2 Å². The van der Waals surface area contributed by atoms with E-state index in [1.807, 2.05) is 13.8 Å². The number of carbonyl (C=O) groups excluding carboxylic acids is 2. The summed E-state index contributed by atoms with van der Waals surface area (Å²) in [5.41, 5.74) is -0.458. The van der Waals surface area contributed by atoms with Crippen LogP contribution in [0.1, 0.15) is 62.7 Å². The number of fused-ring (bicyclic) bond motifs is 2. The molecule has 2 N–H and O–H groups in total. The van der Waals surface area contributed by atoms with Crippen molar-refractivity contribution in [1.82, 2.24) is 10.2 Å². The molecule has 3 aliphatic rings. The molecule has 2 atom stereocenters. The molecule has 0 spiro atoms. The van der Waals surface area contributed by atoms with Gasteiger partial charge in [0.2, 0.25) is 0 Å². The molecule has 4 rings (SSSR count). The van der Waals surface area contributed by atoms with Gasteiger partial charge in [-0.3, -0.25) is 9.59 Å². The first kappa shape index (κ1) is 21.0. The van der Waals surface area contributed by atoms with Gasteiger partial charge in [0.15, 0.2) is 12.4 Å². The zero-order valence-corrected chi connectivity index (χ0v) is 17.9. The summed E-state index contributed by atoms with van der Waals surface area (Å²) in [6.07, 6.45) is 6.33. The molecule has 0 bridgehead atoms. The first-order chi connectivity index (χ1) is 14.3. The summed E-state index contributed by atoms with van der Waals surface area (Å²) < 4.78 is 11.4. The van der Waals surface area contributed by atoms with E-state index in [4.69, 9.17) is 9.47 Å². The van der Waals surface area contributed by atoms with Gasteiger partial charge in [-0.1, -0.05) is 6.42 Å². The molecule has 30 heavy (non-hydrogen) atoms. The van der Waals surface area contributed by atoms with Gasteiger partial charge in [-0.15, -0.1) is 0 Å². The molecule has 1 aromatic rings. The van der Waals surface area contributed by atoms with Crippen molar-refractivity contribution in [1.29, 1.82) is 0 Å². The molecule has 0 radical (unpaired) electrons. The zero-order chi connectivity index (χ0) is 21.3. The highest BCUT2D eigenvalue weighted by Crippen LogP contribution is 2.41. The van der Waals surface area contributed by atoms with Gasteiger partial charge in [0.1, 0.15) is 28.4 Å². The molecule has 164 valence electrons. The number of nitrogens with one attached hydrogen (secondary N) is 1. The highest BCUT2D eigenvalue weighted by Gasteiger charge is 2.35. The van der Waals surface area contributed by atoms with Crippen LogP contribution in [0.2, 0.25) is 0 Å². The van der Waals surface area contributed by atoms with Crippen molar-refractivity contribution in [2.75, 3.05) is 26.2 Å². The van der Waals surface area contributed by atoms with Gasteiger partial charge in [0.25, 0.3) is 5.91 Å². The number of amides is 1. The molecule has 0 unspecified atom stereocenters. The topological polar surface area (TPSA) is 88.1 Å². The molecule has 1 amide bonds. The Hall–Kier alpha value is -2.28. The fourth-order valence-corrected chi connectivity index (χ4v) is 5.09. The predicted molar refractivity (Wildman–Crippen MR) is 112 cm³/mol. The molecule has 0 aromatic heterocycles. The predicted octanol–water partition coefficient (Wildman–Crippen LogP) is 2.90. The number of ketones is 1. The molecule has 7 nitrogen and oxygen atoms in total. The van der Waals surface area contributed by atoms with Crippen LogP contribution in [0.25, 0.3) is 0 Å². The van der Waals surface area contributed by atoms with Gasteiger partial charge >= 0.3 is 0 Å². The number of nitrogens with zero attached hydrogens (tertiary/aromatic N) is 1. The lowest BCUT2D eigenvalue weighted by Crippen LogP contribution is -2.51. The SMILES string of the molecule is CC1(C)CC(=O)c2c(O)cc(OCC(=O)NC[C@@H]3CCCN4CCCC[C@H]34)cc2O1. The summed E-state index contributed by atoms with van der Waals surface area (Å²) in [7, 11) is 0. The van der Waals surface area contributed by atoms with E-state index < -0.39 is 5.60 Å². The van der Waals surface area contributed by atoms with Gasteiger partial charge in [-0.05, 0) is 58.5 Å². The van der Waals surface area contributed by atoms with Crippen LogP contribution in [0, 0.1) is 5.92 Å². The minimum atomic E-state index is -0.639. The lowest BCUT2D eigenvalue weighted by Gasteiger charge is -2.44. The molecule has 0 aliphatic carbocycles. The summed E-state index contributed by atoms with van der Waals surface area (Å²) in [6.45, 7) is 6.54. The van der Waals surface area contributed by atoms with E-state index in [-0.39, 0.29) is 36.0 Å². The minimum absolute atomic E-state index is 0.142. The molecule has 2 fully saturated rings. The van der Waals surface area contributed by atoms with Crippen molar-refractivity contribution < 1.29 is 24.2 Å². The monoisotopic (exact) mass is 416 g/mol. The number of rotatable bonds is 5. The van der Waals surface area contributed by atoms with Gasteiger partial charge in [-0.25, -0.2) is 0 Å².